The van der Waals surface area contributed by atoms with Gasteiger partial charge >= 0.3 is 0 Å². The van der Waals surface area contributed by atoms with Crippen molar-refractivity contribution >= 4 is 0 Å². The molecule has 0 N–H and O–H groups in total. The van der Waals surface area contributed by atoms with Crippen molar-refractivity contribution < 1.29 is 9.47 Å². The summed E-state index contributed by atoms with van der Waals surface area (Å²) in [6.45, 7) is 7.23. The third-order valence-electron chi connectivity index (χ3n) is 1.42. The monoisotopic (exact) mass is 145 g/mol. The van der Waals surface area contributed by atoms with Crippen LogP contribution in [0.2, 0.25) is 0 Å². The zero-order valence-corrected chi connectivity index (χ0v) is 6.93. The van der Waals surface area contributed by atoms with Crippen molar-refractivity contribution in [3.05, 3.63) is 6.92 Å². The lowest BCUT2D eigenvalue weighted by Gasteiger charge is -2.12. The summed E-state index contributed by atoms with van der Waals surface area (Å²) in [7, 11) is 1.68. The average molecular weight is 145 g/mol. The lowest BCUT2D eigenvalue weighted by molar-refractivity contribution is 0.0168. The van der Waals surface area contributed by atoms with Crippen molar-refractivity contribution in [2.45, 2.75) is 25.9 Å². The molecule has 61 valence electrons. The van der Waals surface area contributed by atoms with Gasteiger partial charge in [0.2, 0.25) is 0 Å². The van der Waals surface area contributed by atoms with Crippen LogP contribution in [0.25, 0.3) is 0 Å². The Kier molecular flexibility index (Phi) is 6.98. The van der Waals surface area contributed by atoms with Crippen molar-refractivity contribution in [3.8, 4) is 0 Å². The lowest BCUT2D eigenvalue weighted by atomic mass is 10.2. The smallest absolute Gasteiger partial charge is 0.0704 e. The van der Waals surface area contributed by atoms with E-state index < -0.39 is 0 Å². The van der Waals surface area contributed by atoms with Gasteiger partial charge in [0.1, 0.15) is 0 Å². The third-order valence-corrected chi connectivity index (χ3v) is 1.42. The molecule has 0 rings (SSSR count). The van der Waals surface area contributed by atoms with Gasteiger partial charge in [-0.2, -0.15) is 0 Å². The highest BCUT2D eigenvalue weighted by Gasteiger charge is 2.00. The largest absolute Gasteiger partial charge is 0.382 e. The number of ether oxygens (including phenoxy) is 2. The molecule has 2 nitrogen and oxygen atoms in total. The molecule has 0 aromatic carbocycles. The second kappa shape index (κ2) is 7.03. The number of rotatable bonds is 6. The van der Waals surface area contributed by atoms with Crippen LogP contribution in [0.3, 0.4) is 0 Å². The maximum Gasteiger partial charge on any atom is 0.0704 e. The van der Waals surface area contributed by atoms with Crippen LogP contribution in [-0.2, 0) is 9.47 Å². The lowest BCUT2D eigenvalue weighted by Crippen LogP contribution is -2.13. The van der Waals surface area contributed by atoms with Crippen molar-refractivity contribution in [2.75, 3.05) is 20.3 Å². The Hall–Kier alpha value is -0.0800. The standard InChI is InChI=1S/C8H17O2/c1-4-8(5-2)10-7-6-9-3/h8H,1,4-7H2,2-3H3. The van der Waals surface area contributed by atoms with E-state index in [9.17, 15) is 0 Å². The molecule has 0 saturated heterocycles. The van der Waals surface area contributed by atoms with Gasteiger partial charge in [-0.05, 0) is 12.8 Å². The van der Waals surface area contributed by atoms with Gasteiger partial charge < -0.3 is 9.47 Å². The van der Waals surface area contributed by atoms with E-state index in [1.54, 1.807) is 7.11 Å². The molecule has 0 fully saturated rings. The van der Waals surface area contributed by atoms with Gasteiger partial charge in [0, 0.05) is 7.11 Å². The molecule has 0 heterocycles. The van der Waals surface area contributed by atoms with Gasteiger partial charge in [-0.3, -0.25) is 0 Å². The van der Waals surface area contributed by atoms with Gasteiger partial charge in [0.05, 0.1) is 19.3 Å². The third kappa shape index (κ3) is 4.77. The summed E-state index contributed by atoms with van der Waals surface area (Å²) < 4.78 is 10.2. The Balaban J connectivity index is 3.09. The van der Waals surface area contributed by atoms with E-state index in [1.165, 1.54) is 0 Å². The van der Waals surface area contributed by atoms with Crippen LogP contribution in [0.1, 0.15) is 19.8 Å². The molecule has 0 bridgehead atoms. The molecule has 0 aromatic rings. The Morgan fingerprint density at radius 1 is 1.40 bits per heavy atom. The first-order valence-corrected chi connectivity index (χ1v) is 3.74. The first-order valence-electron chi connectivity index (χ1n) is 3.74. The van der Waals surface area contributed by atoms with Gasteiger partial charge in [0.15, 0.2) is 0 Å². The second-order valence-electron chi connectivity index (χ2n) is 2.18. The fourth-order valence-electron chi connectivity index (χ4n) is 0.703. The van der Waals surface area contributed by atoms with Crippen molar-refractivity contribution in [3.63, 3.8) is 0 Å². The van der Waals surface area contributed by atoms with E-state index in [-0.39, 0.29) is 0 Å². The van der Waals surface area contributed by atoms with E-state index in [4.69, 9.17) is 9.47 Å². The summed E-state index contributed by atoms with van der Waals surface area (Å²) in [5.41, 5.74) is 0. The number of hydrogen-bond acceptors (Lipinski definition) is 2. The van der Waals surface area contributed by atoms with Crippen molar-refractivity contribution in [1.29, 1.82) is 0 Å². The zero-order chi connectivity index (χ0) is 7.82. The van der Waals surface area contributed by atoms with E-state index in [2.05, 4.69) is 13.8 Å². The maximum absolute atomic E-state index is 5.39. The van der Waals surface area contributed by atoms with Gasteiger partial charge in [-0.25, -0.2) is 0 Å². The normalized spacial score (nSPS) is 10.8. The number of hydrogen-bond donors (Lipinski definition) is 0. The van der Waals surface area contributed by atoms with E-state index in [0.717, 1.165) is 12.8 Å². The highest BCUT2D eigenvalue weighted by molar-refractivity contribution is 4.55. The molecular formula is C8H17O2. The fourth-order valence-corrected chi connectivity index (χ4v) is 0.703. The van der Waals surface area contributed by atoms with Crippen molar-refractivity contribution in [1.82, 2.24) is 0 Å². The topological polar surface area (TPSA) is 18.5 Å². The zero-order valence-electron chi connectivity index (χ0n) is 6.93. The van der Waals surface area contributed by atoms with Gasteiger partial charge in [-0.1, -0.05) is 13.8 Å². The molecule has 0 aliphatic carbocycles. The van der Waals surface area contributed by atoms with E-state index in [1.807, 2.05) is 0 Å². The van der Waals surface area contributed by atoms with Gasteiger partial charge in [-0.15, -0.1) is 0 Å². The molecule has 0 spiro atoms. The van der Waals surface area contributed by atoms with Crippen LogP contribution >= 0.6 is 0 Å². The Morgan fingerprint density at radius 2 is 2.10 bits per heavy atom. The predicted molar refractivity (Wildman–Crippen MR) is 41.9 cm³/mol. The Bertz CT molecular complexity index is 60.3. The summed E-state index contributed by atoms with van der Waals surface area (Å²) in [5.74, 6) is 0. The van der Waals surface area contributed by atoms with Crippen LogP contribution in [0.5, 0.6) is 0 Å². The molecule has 1 atom stereocenters. The molecule has 10 heavy (non-hydrogen) atoms. The SMILES string of the molecule is [CH2]CC(CC)OCCOC. The molecule has 1 unspecified atom stereocenters. The minimum Gasteiger partial charge on any atom is -0.382 e. The first-order chi connectivity index (χ1) is 4.85. The molecular weight excluding hydrogens is 128 g/mol. The second-order valence-corrected chi connectivity index (χ2v) is 2.18. The highest BCUT2D eigenvalue weighted by Crippen LogP contribution is 2.01. The predicted octanol–water partition coefficient (Wildman–Crippen LogP) is 1.65. The molecule has 2 heteroatoms. The molecule has 0 aliphatic heterocycles. The van der Waals surface area contributed by atoms with E-state index >= 15 is 0 Å². The number of methoxy groups -OCH3 is 1. The molecule has 1 radical (unpaired) electrons. The fraction of sp³-hybridized carbons (Fsp3) is 0.875. The van der Waals surface area contributed by atoms with Crippen LogP contribution in [0.4, 0.5) is 0 Å². The first kappa shape index (κ1) is 9.92. The summed E-state index contributed by atoms with van der Waals surface area (Å²) in [4.78, 5) is 0. The average Bonchev–Trinajstić information content (AvgIpc) is 1.99. The van der Waals surface area contributed by atoms with Crippen molar-refractivity contribution in [2.24, 2.45) is 0 Å². The quantitative estimate of drug-likeness (QED) is 0.529. The summed E-state index contributed by atoms with van der Waals surface area (Å²) in [5, 5.41) is 0. The summed E-state index contributed by atoms with van der Waals surface area (Å²) in [6, 6.07) is 0. The summed E-state index contributed by atoms with van der Waals surface area (Å²) >= 11 is 0. The van der Waals surface area contributed by atoms with Gasteiger partial charge in [0.25, 0.3) is 0 Å². The minimum absolute atomic E-state index is 0.315. The summed E-state index contributed by atoms with van der Waals surface area (Å²) in [6.07, 6.45) is 2.20. The molecule has 0 aliphatic rings. The van der Waals surface area contributed by atoms with Crippen LogP contribution in [-0.4, -0.2) is 26.4 Å². The van der Waals surface area contributed by atoms with Crippen LogP contribution in [0, 0.1) is 6.92 Å². The van der Waals surface area contributed by atoms with Crippen LogP contribution < -0.4 is 0 Å². The Labute approximate surface area is 63.5 Å². The maximum atomic E-state index is 5.39. The minimum atomic E-state index is 0.315. The Morgan fingerprint density at radius 3 is 2.50 bits per heavy atom. The van der Waals surface area contributed by atoms with E-state index in [0.29, 0.717) is 19.3 Å². The molecule has 0 aromatic heterocycles. The van der Waals surface area contributed by atoms with Crippen LogP contribution in [0.15, 0.2) is 0 Å². The molecule has 0 saturated carbocycles. The highest BCUT2D eigenvalue weighted by atomic mass is 16.5. The molecule has 0 amide bonds.